The van der Waals surface area contributed by atoms with Gasteiger partial charge in [0.2, 0.25) is 10.8 Å². The van der Waals surface area contributed by atoms with Crippen LogP contribution in [0.15, 0.2) is 5.38 Å². The van der Waals surface area contributed by atoms with Crippen molar-refractivity contribution in [2.75, 3.05) is 0 Å². The SMILES string of the molecule is CC(C)c1csc(-n2nnc3c2C(=O)OC3=O)n1. The fraction of sp³-hybridized carbons (Fsp3) is 0.300. The summed E-state index contributed by atoms with van der Waals surface area (Å²) in [4.78, 5) is 27.1. The van der Waals surface area contributed by atoms with E-state index in [4.69, 9.17) is 0 Å². The van der Waals surface area contributed by atoms with Crippen molar-refractivity contribution in [3.63, 3.8) is 0 Å². The van der Waals surface area contributed by atoms with Crippen molar-refractivity contribution in [2.45, 2.75) is 19.8 Å². The molecule has 0 spiro atoms. The van der Waals surface area contributed by atoms with Crippen molar-refractivity contribution >= 4 is 23.3 Å². The Hall–Kier alpha value is -2.09. The Balaban J connectivity index is 2.11. The maximum absolute atomic E-state index is 11.5. The minimum absolute atomic E-state index is 0.0460. The van der Waals surface area contributed by atoms with Crippen molar-refractivity contribution in [1.82, 2.24) is 20.0 Å². The van der Waals surface area contributed by atoms with Gasteiger partial charge in [-0.1, -0.05) is 19.1 Å². The Kier molecular flexibility index (Phi) is 2.27. The maximum Gasteiger partial charge on any atom is 0.369 e. The number of aromatic nitrogens is 4. The van der Waals surface area contributed by atoms with Crippen molar-refractivity contribution in [3.8, 4) is 5.13 Å². The molecule has 7 nitrogen and oxygen atoms in total. The van der Waals surface area contributed by atoms with Crippen LogP contribution in [0, 0.1) is 0 Å². The van der Waals surface area contributed by atoms with Gasteiger partial charge in [0, 0.05) is 5.38 Å². The van der Waals surface area contributed by atoms with Crippen LogP contribution in [-0.2, 0) is 4.74 Å². The van der Waals surface area contributed by atoms with E-state index < -0.39 is 11.9 Å². The molecule has 3 heterocycles. The highest BCUT2D eigenvalue weighted by Crippen LogP contribution is 2.24. The van der Waals surface area contributed by atoms with Gasteiger partial charge in [-0.2, -0.15) is 4.68 Å². The number of ether oxygens (including phenoxy) is 1. The van der Waals surface area contributed by atoms with Crippen LogP contribution < -0.4 is 0 Å². The molecular formula is C10H8N4O3S. The van der Waals surface area contributed by atoms with Crippen molar-refractivity contribution in [2.24, 2.45) is 0 Å². The largest absolute Gasteiger partial charge is 0.383 e. The van der Waals surface area contributed by atoms with E-state index >= 15 is 0 Å². The molecule has 2 aromatic heterocycles. The molecule has 0 N–H and O–H groups in total. The molecule has 8 heteroatoms. The molecule has 1 aliphatic heterocycles. The Morgan fingerprint density at radius 3 is 2.78 bits per heavy atom. The number of esters is 2. The summed E-state index contributed by atoms with van der Waals surface area (Å²) in [5.41, 5.74) is 0.892. The molecule has 0 unspecified atom stereocenters. The van der Waals surface area contributed by atoms with Crippen LogP contribution in [0.1, 0.15) is 46.4 Å². The highest BCUT2D eigenvalue weighted by Gasteiger charge is 2.37. The van der Waals surface area contributed by atoms with E-state index in [1.165, 1.54) is 16.0 Å². The second kappa shape index (κ2) is 3.70. The van der Waals surface area contributed by atoms with E-state index in [2.05, 4.69) is 20.0 Å². The normalized spacial score (nSPS) is 14.2. The van der Waals surface area contributed by atoms with E-state index in [1.807, 2.05) is 19.2 Å². The highest BCUT2D eigenvalue weighted by atomic mass is 32.1. The lowest BCUT2D eigenvalue weighted by Gasteiger charge is -1.98. The second-order valence-corrected chi connectivity index (χ2v) is 4.92. The van der Waals surface area contributed by atoms with Crippen LogP contribution in [0.3, 0.4) is 0 Å². The summed E-state index contributed by atoms with van der Waals surface area (Å²) in [6, 6.07) is 0. The molecule has 2 aromatic rings. The second-order valence-electron chi connectivity index (χ2n) is 4.09. The van der Waals surface area contributed by atoms with Gasteiger partial charge >= 0.3 is 11.9 Å². The molecule has 0 radical (unpaired) electrons. The molecule has 0 fully saturated rings. The molecule has 18 heavy (non-hydrogen) atoms. The Bertz CT molecular complexity index is 658. The lowest BCUT2D eigenvalue weighted by Crippen LogP contribution is -2.08. The smallest absolute Gasteiger partial charge is 0.369 e. The fourth-order valence-electron chi connectivity index (χ4n) is 1.56. The van der Waals surface area contributed by atoms with Gasteiger partial charge in [-0.15, -0.1) is 16.4 Å². The zero-order valence-electron chi connectivity index (χ0n) is 9.58. The van der Waals surface area contributed by atoms with Gasteiger partial charge in [0.1, 0.15) is 0 Å². The fourth-order valence-corrected chi connectivity index (χ4v) is 2.49. The number of nitrogens with zero attached hydrogens (tertiary/aromatic N) is 4. The molecule has 0 atom stereocenters. The first kappa shape index (κ1) is 11.0. The first-order valence-corrected chi connectivity index (χ1v) is 6.14. The average molecular weight is 264 g/mol. The van der Waals surface area contributed by atoms with Gasteiger partial charge in [0.25, 0.3) is 0 Å². The zero-order valence-corrected chi connectivity index (χ0v) is 10.4. The van der Waals surface area contributed by atoms with Gasteiger partial charge in [0.05, 0.1) is 5.69 Å². The number of fused-ring (bicyclic) bond motifs is 1. The standard InChI is InChI=1S/C10H8N4O3S/c1-4(2)5-3-18-10(11-5)14-7-6(12-13-14)8(15)17-9(7)16/h3-4H,1-2H3. The summed E-state index contributed by atoms with van der Waals surface area (Å²) in [6.07, 6.45) is 0. The number of thiazole rings is 1. The quantitative estimate of drug-likeness (QED) is 0.597. The topological polar surface area (TPSA) is 87.0 Å². The van der Waals surface area contributed by atoms with E-state index in [9.17, 15) is 9.59 Å². The molecule has 0 amide bonds. The third kappa shape index (κ3) is 1.46. The first-order valence-electron chi connectivity index (χ1n) is 5.26. The third-order valence-electron chi connectivity index (χ3n) is 2.52. The maximum atomic E-state index is 11.5. The minimum Gasteiger partial charge on any atom is -0.383 e. The lowest BCUT2D eigenvalue weighted by atomic mass is 10.2. The molecular weight excluding hydrogens is 256 g/mol. The molecule has 0 saturated heterocycles. The van der Waals surface area contributed by atoms with Crippen LogP contribution in [0.5, 0.6) is 0 Å². The van der Waals surface area contributed by atoms with E-state index in [-0.39, 0.29) is 17.3 Å². The number of hydrogen-bond acceptors (Lipinski definition) is 7. The van der Waals surface area contributed by atoms with Crippen molar-refractivity contribution in [3.05, 3.63) is 22.5 Å². The monoisotopic (exact) mass is 264 g/mol. The average Bonchev–Trinajstić information content (AvgIpc) is 2.98. The minimum atomic E-state index is -0.762. The first-order chi connectivity index (χ1) is 8.58. The predicted molar refractivity (Wildman–Crippen MR) is 60.9 cm³/mol. The van der Waals surface area contributed by atoms with E-state index in [0.29, 0.717) is 5.13 Å². The molecule has 1 aliphatic rings. The van der Waals surface area contributed by atoms with Gasteiger partial charge < -0.3 is 4.74 Å². The third-order valence-corrected chi connectivity index (χ3v) is 3.36. The molecule has 92 valence electrons. The Morgan fingerprint density at radius 1 is 1.33 bits per heavy atom. The number of hydrogen-bond donors (Lipinski definition) is 0. The number of cyclic esters (lactones) is 2. The molecule has 0 aliphatic carbocycles. The van der Waals surface area contributed by atoms with Gasteiger partial charge in [-0.05, 0) is 5.92 Å². The summed E-state index contributed by atoms with van der Waals surface area (Å²) in [5.74, 6) is -1.22. The zero-order chi connectivity index (χ0) is 12.9. The number of carbonyl (C=O) groups excluding carboxylic acids is 2. The number of carbonyl (C=O) groups is 2. The van der Waals surface area contributed by atoms with Gasteiger partial charge in [-0.3, -0.25) is 0 Å². The Morgan fingerprint density at radius 2 is 2.11 bits per heavy atom. The van der Waals surface area contributed by atoms with E-state index in [1.54, 1.807) is 0 Å². The Labute approximate surface area is 105 Å². The predicted octanol–water partition coefficient (Wildman–Crippen LogP) is 1.16. The van der Waals surface area contributed by atoms with Crippen LogP contribution in [0.4, 0.5) is 0 Å². The van der Waals surface area contributed by atoms with Crippen LogP contribution in [-0.4, -0.2) is 31.9 Å². The summed E-state index contributed by atoms with van der Waals surface area (Å²) >= 11 is 1.34. The van der Waals surface area contributed by atoms with Crippen molar-refractivity contribution in [1.29, 1.82) is 0 Å². The molecule has 0 bridgehead atoms. The summed E-state index contributed by atoms with van der Waals surface area (Å²) in [7, 11) is 0. The molecule has 0 aromatic carbocycles. The molecule has 3 rings (SSSR count). The van der Waals surface area contributed by atoms with Crippen LogP contribution in [0.25, 0.3) is 5.13 Å². The highest BCUT2D eigenvalue weighted by molar-refractivity contribution is 7.12. The van der Waals surface area contributed by atoms with Gasteiger partial charge in [-0.25, -0.2) is 14.6 Å². The van der Waals surface area contributed by atoms with Crippen LogP contribution in [0.2, 0.25) is 0 Å². The summed E-state index contributed by atoms with van der Waals surface area (Å²) in [6.45, 7) is 4.03. The van der Waals surface area contributed by atoms with Crippen molar-refractivity contribution < 1.29 is 14.3 Å². The lowest BCUT2D eigenvalue weighted by molar-refractivity contribution is 0.0434. The van der Waals surface area contributed by atoms with E-state index in [0.717, 1.165) is 5.69 Å². The van der Waals surface area contributed by atoms with Gasteiger partial charge in [0.15, 0.2) is 5.69 Å². The van der Waals surface area contributed by atoms with Crippen LogP contribution >= 0.6 is 11.3 Å². The number of rotatable bonds is 2. The summed E-state index contributed by atoms with van der Waals surface area (Å²) in [5, 5.41) is 9.80. The molecule has 0 saturated carbocycles. The summed E-state index contributed by atoms with van der Waals surface area (Å²) < 4.78 is 5.71.